The molecule has 0 saturated heterocycles. The van der Waals surface area contributed by atoms with E-state index in [1.165, 1.54) is 392 Å². The van der Waals surface area contributed by atoms with E-state index in [9.17, 15) is 19.8 Å². The number of carbonyl (C=O) groups excluding carboxylic acids is 2. The molecule has 0 bridgehead atoms. The normalized spacial score (nSPS) is 12.5. The Bertz CT molecular complexity index is 1300. The van der Waals surface area contributed by atoms with Gasteiger partial charge in [-0.05, 0) is 51.4 Å². The number of aliphatic hydroxyl groups excluding tert-OH is 2. The largest absolute Gasteiger partial charge is 0.466 e. The van der Waals surface area contributed by atoms with Crippen LogP contribution in [0.3, 0.4) is 0 Å². The number of nitrogens with one attached hydrogen (secondary N) is 1. The van der Waals surface area contributed by atoms with E-state index in [0.717, 1.165) is 38.5 Å². The molecule has 0 rings (SSSR count). The second kappa shape index (κ2) is 76.1. The first kappa shape index (κ1) is 84.6. The Kier molecular flexibility index (Phi) is 74.8. The molecule has 3 N–H and O–H groups in total. The number of ether oxygens (including phenoxy) is 1. The van der Waals surface area contributed by atoms with E-state index in [0.29, 0.717) is 25.9 Å². The Hall–Kier alpha value is -1.40. The van der Waals surface area contributed by atoms with Crippen LogP contribution >= 0.6 is 0 Å². The average Bonchev–Trinajstić information content (AvgIpc) is 3.58. The van der Waals surface area contributed by atoms with Crippen molar-refractivity contribution in [1.29, 1.82) is 0 Å². The molecule has 6 nitrogen and oxygen atoms in total. The van der Waals surface area contributed by atoms with E-state index in [-0.39, 0.29) is 18.5 Å². The van der Waals surface area contributed by atoms with Gasteiger partial charge in [-0.25, -0.2) is 0 Å². The monoisotopic (exact) mass is 1210 g/mol. The standard InChI is InChI=1S/C80H157NO5/c1-3-5-7-9-11-13-15-17-19-45-48-52-56-60-64-68-72-78(83)77(76-82)81-79(84)73-69-65-61-57-53-49-46-43-41-39-37-35-33-31-29-27-25-23-21-20-22-24-26-28-30-32-34-36-38-40-42-44-47-51-55-59-63-67-71-75-86-80(85)74-70-66-62-58-54-50-18-16-14-12-10-8-6-4-2/h20-21,77-78,82-83H,3-19,22-76H2,1-2H3,(H,81,84)/b21-20-. The van der Waals surface area contributed by atoms with Gasteiger partial charge >= 0.3 is 5.97 Å². The molecule has 0 aromatic carbocycles. The van der Waals surface area contributed by atoms with Gasteiger partial charge in [-0.15, -0.1) is 0 Å². The number of esters is 1. The van der Waals surface area contributed by atoms with Crippen molar-refractivity contribution < 1.29 is 24.5 Å². The summed E-state index contributed by atoms with van der Waals surface area (Å²) < 4.78 is 5.50. The molecule has 0 aliphatic heterocycles. The zero-order chi connectivity index (χ0) is 62.0. The van der Waals surface area contributed by atoms with Gasteiger partial charge in [0.2, 0.25) is 5.91 Å². The lowest BCUT2D eigenvalue weighted by atomic mass is 10.0. The fourth-order valence-electron chi connectivity index (χ4n) is 13.0. The Labute approximate surface area is 539 Å². The molecule has 2 atom stereocenters. The molecule has 0 saturated carbocycles. The van der Waals surface area contributed by atoms with Gasteiger partial charge in [-0.1, -0.05) is 411 Å². The zero-order valence-corrected chi connectivity index (χ0v) is 58.8. The summed E-state index contributed by atoms with van der Waals surface area (Å²) >= 11 is 0. The summed E-state index contributed by atoms with van der Waals surface area (Å²) in [5.74, 6) is -0.000466. The Morgan fingerprint density at radius 2 is 0.547 bits per heavy atom. The lowest BCUT2D eigenvalue weighted by Crippen LogP contribution is -2.45. The van der Waals surface area contributed by atoms with E-state index in [1.54, 1.807) is 0 Å². The highest BCUT2D eigenvalue weighted by atomic mass is 16.5. The molecule has 0 aliphatic carbocycles. The van der Waals surface area contributed by atoms with Gasteiger partial charge in [0.15, 0.2) is 0 Å². The fourth-order valence-corrected chi connectivity index (χ4v) is 13.0. The first-order chi connectivity index (χ1) is 42.5. The van der Waals surface area contributed by atoms with Gasteiger partial charge in [0.25, 0.3) is 0 Å². The van der Waals surface area contributed by atoms with Gasteiger partial charge in [-0.2, -0.15) is 0 Å². The molecular weight excluding hydrogens is 1050 g/mol. The van der Waals surface area contributed by atoms with Crippen LogP contribution in [0, 0.1) is 0 Å². The van der Waals surface area contributed by atoms with E-state index in [4.69, 9.17) is 4.74 Å². The van der Waals surface area contributed by atoms with Crippen LogP contribution < -0.4 is 5.32 Å². The Morgan fingerprint density at radius 1 is 0.314 bits per heavy atom. The van der Waals surface area contributed by atoms with Gasteiger partial charge in [0, 0.05) is 12.8 Å². The van der Waals surface area contributed by atoms with Crippen LogP contribution in [0.15, 0.2) is 12.2 Å². The van der Waals surface area contributed by atoms with Gasteiger partial charge in [-0.3, -0.25) is 9.59 Å². The third-order valence-electron chi connectivity index (χ3n) is 19.1. The molecule has 0 aromatic rings. The number of rotatable bonds is 76. The van der Waals surface area contributed by atoms with Crippen LogP contribution in [0.2, 0.25) is 0 Å². The lowest BCUT2D eigenvalue weighted by Gasteiger charge is -2.22. The lowest BCUT2D eigenvalue weighted by molar-refractivity contribution is -0.143. The third-order valence-corrected chi connectivity index (χ3v) is 19.1. The molecule has 512 valence electrons. The third kappa shape index (κ3) is 71.7. The predicted molar refractivity (Wildman–Crippen MR) is 380 cm³/mol. The molecule has 0 fully saturated rings. The summed E-state index contributed by atoms with van der Waals surface area (Å²) in [6, 6.07) is -0.537. The molecule has 0 aliphatic rings. The van der Waals surface area contributed by atoms with E-state index in [2.05, 4.69) is 31.3 Å². The number of carbonyl (C=O) groups is 2. The van der Waals surface area contributed by atoms with Crippen LogP contribution in [-0.4, -0.2) is 47.4 Å². The van der Waals surface area contributed by atoms with Crippen molar-refractivity contribution in [2.45, 2.75) is 475 Å². The highest BCUT2D eigenvalue weighted by molar-refractivity contribution is 5.76. The molecule has 1 amide bonds. The summed E-state index contributed by atoms with van der Waals surface area (Å²) in [4.78, 5) is 24.6. The van der Waals surface area contributed by atoms with Crippen LogP contribution in [0.5, 0.6) is 0 Å². The van der Waals surface area contributed by atoms with Crippen molar-refractivity contribution in [3.05, 3.63) is 12.2 Å². The summed E-state index contributed by atoms with van der Waals surface area (Å²) in [5.41, 5.74) is 0. The molecule has 0 aromatic heterocycles. The smallest absolute Gasteiger partial charge is 0.305 e. The van der Waals surface area contributed by atoms with Crippen LogP contribution in [0.25, 0.3) is 0 Å². The summed E-state index contributed by atoms with van der Waals surface area (Å²) in [6.45, 7) is 5.01. The minimum atomic E-state index is -0.661. The molecule has 0 heterocycles. The second-order valence-electron chi connectivity index (χ2n) is 27.8. The van der Waals surface area contributed by atoms with Crippen molar-refractivity contribution in [3.63, 3.8) is 0 Å². The molecule has 86 heavy (non-hydrogen) atoms. The zero-order valence-electron chi connectivity index (χ0n) is 58.8. The highest BCUT2D eigenvalue weighted by Gasteiger charge is 2.20. The summed E-state index contributed by atoms with van der Waals surface area (Å²) in [6.07, 6.45) is 96.0. The highest BCUT2D eigenvalue weighted by Crippen LogP contribution is 2.20. The number of amides is 1. The van der Waals surface area contributed by atoms with Crippen molar-refractivity contribution in [3.8, 4) is 0 Å². The maximum absolute atomic E-state index is 12.5. The van der Waals surface area contributed by atoms with Gasteiger partial charge in [0.1, 0.15) is 0 Å². The number of hydrogen-bond donors (Lipinski definition) is 3. The van der Waals surface area contributed by atoms with E-state index < -0.39 is 12.1 Å². The minimum absolute atomic E-state index is 0.0258. The maximum Gasteiger partial charge on any atom is 0.305 e. The number of aliphatic hydroxyl groups is 2. The van der Waals surface area contributed by atoms with Crippen molar-refractivity contribution in [1.82, 2.24) is 5.32 Å². The molecule has 6 heteroatoms. The van der Waals surface area contributed by atoms with Crippen LogP contribution in [-0.2, 0) is 14.3 Å². The summed E-state index contributed by atoms with van der Waals surface area (Å²) in [7, 11) is 0. The first-order valence-corrected chi connectivity index (χ1v) is 39.9. The van der Waals surface area contributed by atoms with E-state index in [1.807, 2.05) is 0 Å². The predicted octanol–water partition coefficient (Wildman–Crippen LogP) is 26.3. The van der Waals surface area contributed by atoms with Crippen LogP contribution in [0.1, 0.15) is 463 Å². The van der Waals surface area contributed by atoms with Crippen LogP contribution in [0.4, 0.5) is 0 Å². The maximum atomic E-state index is 12.5. The Balaban J connectivity index is 3.31. The minimum Gasteiger partial charge on any atom is -0.466 e. The van der Waals surface area contributed by atoms with Crippen molar-refractivity contribution >= 4 is 11.9 Å². The quantitative estimate of drug-likeness (QED) is 0.0320. The Morgan fingerprint density at radius 3 is 0.826 bits per heavy atom. The molecule has 2 unspecified atom stereocenters. The second-order valence-corrected chi connectivity index (χ2v) is 27.8. The molecule has 0 spiro atoms. The number of hydrogen-bond acceptors (Lipinski definition) is 5. The topological polar surface area (TPSA) is 95.9 Å². The van der Waals surface area contributed by atoms with Crippen molar-refractivity contribution in [2.24, 2.45) is 0 Å². The molecular formula is C80H157NO5. The van der Waals surface area contributed by atoms with E-state index >= 15 is 0 Å². The molecule has 0 radical (unpaired) electrons. The average molecular weight is 1210 g/mol. The number of allylic oxidation sites excluding steroid dienone is 2. The van der Waals surface area contributed by atoms with Crippen molar-refractivity contribution in [2.75, 3.05) is 13.2 Å². The van der Waals surface area contributed by atoms with Gasteiger partial charge in [0.05, 0.1) is 25.4 Å². The summed E-state index contributed by atoms with van der Waals surface area (Å²) in [5, 5.41) is 23.4. The fraction of sp³-hybridized carbons (Fsp3) is 0.950. The van der Waals surface area contributed by atoms with Gasteiger partial charge < -0.3 is 20.3 Å². The first-order valence-electron chi connectivity index (χ1n) is 39.9. The SMILES string of the molecule is CCCCCCCCCCCCCCCCCCC(O)C(CO)NC(=O)CCCCCCCCCCCCCCCCCCC/C=C\CCCCCCCCCCCCCCCCCCCCOC(=O)CCCCCCCCCCCCCCCC. The number of unbranched alkanes of at least 4 members (excludes halogenated alkanes) is 63.